The van der Waals surface area contributed by atoms with Gasteiger partial charge in [0.25, 0.3) is 0 Å². The average molecular weight is 398 g/mol. The van der Waals surface area contributed by atoms with Crippen LogP contribution in [0, 0.1) is 5.92 Å². The van der Waals surface area contributed by atoms with Crippen molar-refractivity contribution in [1.29, 1.82) is 0 Å². The van der Waals surface area contributed by atoms with Gasteiger partial charge in [0.05, 0.1) is 5.25 Å². The van der Waals surface area contributed by atoms with Gasteiger partial charge in [0.2, 0.25) is 11.8 Å². The van der Waals surface area contributed by atoms with E-state index in [0.29, 0.717) is 12.2 Å². The lowest BCUT2D eigenvalue weighted by molar-refractivity contribution is -0.120. The van der Waals surface area contributed by atoms with Crippen LogP contribution in [0.4, 0.5) is 11.5 Å². The number of hydrogen-bond donors (Lipinski definition) is 2. The van der Waals surface area contributed by atoms with Crippen LogP contribution in [-0.4, -0.2) is 22.0 Å². The van der Waals surface area contributed by atoms with E-state index in [9.17, 15) is 9.59 Å². The second-order valence-corrected chi connectivity index (χ2v) is 8.35. The van der Waals surface area contributed by atoms with Crippen molar-refractivity contribution >= 4 is 35.1 Å². The predicted octanol–water partition coefficient (Wildman–Crippen LogP) is 5.11. The number of aromatic nitrogens is 1. The highest BCUT2D eigenvalue weighted by atomic mass is 32.2. The summed E-state index contributed by atoms with van der Waals surface area (Å²) in [7, 11) is 0. The molecule has 1 aromatic carbocycles. The van der Waals surface area contributed by atoms with Crippen LogP contribution in [0.1, 0.15) is 45.4 Å². The van der Waals surface area contributed by atoms with Gasteiger partial charge in [-0.1, -0.05) is 38.3 Å². The number of rotatable bonds is 7. The maximum absolute atomic E-state index is 12.6. The van der Waals surface area contributed by atoms with Gasteiger partial charge in [-0.15, -0.1) is 11.8 Å². The van der Waals surface area contributed by atoms with Gasteiger partial charge in [-0.05, 0) is 49.6 Å². The van der Waals surface area contributed by atoms with Crippen LogP contribution >= 0.6 is 11.8 Å². The van der Waals surface area contributed by atoms with E-state index >= 15 is 0 Å². The molecule has 6 heteroatoms. The molecule has 1 aliphatic rings. The fourth-order valence-corrected chi connectivity index (χ4v) is 4.40. The highest BCUT2D eigenvalue weighted by Crippen LogP contribution is 2.29. The number of carbonyl (C=O) groups excluding carboxylic acids is 2. The van der Waals surface area contributed by atoms with Gasteiger partial charge in [-0.3, -0.25) is 9.59 Å². The lowest BCUT2D eigenvalue weighted by atomic mass is 9.88. The third kappa shape index (κ3) is 5.83. The summed E-state index contributed by atoms with van der Waals surface area (Å²) >= 11 is 1.50. The molecule has 5 nitrogen and oxygen atoms in total. The van der Waals surface area contributed by atoms with Crippen LogP contribution in [0.5, 0.6) is 0 Å². The lowest BCUT2D eigenvalue weighted by Gasteiger charge is -2.21. The summed E-state index contributed by atoms with van der Waals surface area (Å²) < 4.78 is 0. The van der Waals surface area contributed by atoms with Crippen molar-refractivity contribution < 1.29 is 9.59 Å². The SMILES string of the molecule is CCC(Sc1cccc(NC(=O)C2CCCCC2)c1)C(=O)Nc1ccccn1. The van der Waals surface area contributed by atoms with Crippen LogP contribution < -0.4 is 10.6 Å². The fourth-order valence-electron chi connectivity index (χ4n) is 3.39. The van der Waals surface area contributed by atoms with Crippen LogP contribution in [0.25, 0.3) is 0 Å². The Labute approximate surface area is 170 Å². The molecule has 0 bridgehead atoms. The minimum atomic E-state index is -0.230. The molecule has 1 saturated carbocycles. The third-order valence-corrected chi connectivity index (χ3v) is 6.29. The molecular formula is C22H27N3O2S. The van der Waals surface area contributed by atoms with Gasteiger partial charge in [0, 0.05) is 22.7 Å². The van der Waals surface area contributed by atoms with Crippen molar-refractivity contribution in [2.45, 2.75) is 55.6 Å². The van der Waals surface area contributed by atoms with E-state index in [1.54, 1.807) is 12.3 Å². The number of pyridine rings is 1. The van der Waals surface area contributed by atoms with E-state index in [4.69, 9.17) is 0 Å². The number of carbonyl (C=O) groups is 2. The van der Waals surface area contributed by atoms with E-state index in [2.05, 4.69) is 15.6 Å². The van der Waals surface area contributed by atoms with Crippen LogP contribution in [0.15, 0.2) is 53.6 Å². The van der Waals surface area contributed by atoms with Crippen molar-refractivity contribution in [3.8, 4) is 0 Å². The van der Waals surface area contributed by atoms with E-state index in [1.807, 2.05) is 43.3 Å². The van der Waals surface area contributed by atoms with Crippen LogP contribution in [0.3, 0.4) is 0 Å². The first-order valence-electron chi connectivity index (χ1n) is 9.95. The summed E-state index contributed by atoms with van der Waals surface area (Å²) in [6.07, 6.45) is 7.81. The first-order chi connectivity index (χ1) is 13.7. The van der Waals surface area contributed by atoms with Crippen LogP contribution in [0.2, 0.25) is 0 Å². The summed E-state index contributed by atoms with van der Waals surface area (Å²) in [4.78, 5) is 30.2. The molecule has 148 valence electrons. The molecule has 3 rings (SSSR count). The number of hydrogen-bond acceptors (Lipinski definition) is 4. The monoisotopic (exact) mass is 397 g/mol. The second-order valence-electron chi connectivity index (χ2n) is 7.07. The molecule has 28 heavy (non-hydrogen) atoms. The predicted molar refractivity (Wildman–Crippen MR) is 114 cm³/mol. The number of nitrogens with zero attached hydrogens (tertiary/aromatic N) is 1. The van der Waals surface area contributed by atoms with E-state index in [1.165, 1.54) is 18.2 Å². The molecule has 1 fully saturated rings. The number of nitrogens with one attached hydrogen (secondary N) is 2. The van der Waals surface area contributed by atoms with Gasteiger partial charge in [-0.2, -0.15) is 0 Å². The normalized spacial score (nSPS) is 15.6. The van der Waals surface area contributed by atoms with Gasteiger partial charge >= 0.3 is 0 Å². The van der Waals surface area contributed by atoms with Crippen molar-refractivity contribution in [2.75, 3.05) is 10.6 Å². The Kier molecular flexibility index (Phi) is 7.48. The summed E-state index contributed by atoms with van der Waals surface area (Å²) in [6.45, 7) is 1.99. The molecule has 0 radical (unpaired) electrons. The maximum Gasteiger partial charge on any atom is 0.239 e. The molecule has 0 spiro atoms. The van der Waals surface area contributed by atoms with E-state index in [0.717, 1.165) is 36.3 Å². The number of anilines is 2. The molecule has 2 amide bonds. The molecule has 2 aromatic rings. The van der Waals surface area contributed by atoms with E-state index < -0.39 is 0 Å². The number of amides is 2. The Morgan fingerprint density at radius 2 is 1.93 bits per heavy atom. The van der Waals surface area contributed by atoms with Gasteiger partial charge in [0.1, 0.15) is 5.82 Å². The summed E-state index contributed by atoms with van der Waals surface area (Å²) in [5, 5.41) is 5.68. The van der Waals surface area contributed by atoms with Crippen molar-refractivity contribution in [2.24, 2.45) is 5.92 Å². The average Bonchev–Trinajstić information content (AvgIpc) is 2.73. The molecule has 1 aromatic heterocycles. The molecule has 1 aliphatic carbocycles. The van der Waals surface area contributed by atoms with Crippen molar-refractivity contribution in [3.63, 3.8) is 0 Å². The first kappa shape index (κ1) is 20.4. The summed E-state index contributed by atoms with van der Waals surface area (Å²) in [6, 6.07) is 13.2. The summed E-state index contributed by atoms with van der Waals surface area (Å²) in [5.74, 6) is 0.724. The minimum absolute atomic E-state index is 0.0668. The summed E-state index contributed by atoms with van der Waals surface area (Å²) in [5.41, 5.74) is 0.792. The Balaban J connectivity index is 1.60. The molecule has 0 saturated heterocycles. The quantitative estimate of drug-likeness (QED) is 0.637. The van der Waals surface area contributed by atoms with E-state index in [-0.39, 0.29) is 23.0 Å². The largest absolute Gasteiger partial charge is 0.326 e. The van der Waals surface area contributed by atoms with Crippen molar-refractivity contribution in [3.05, 3.63) is 48.7 Å². The maximum atomic E-state index is 12.6. The number of benzene rings is 1. The van der Waals surface area contributed by atoms with Gasteiger partial charge in [-0.25, -0.2) is 4.98 Å². The first-order valence-corrected chi connectivity index (χ1v) is 10.8. The standard InChI is InChI=1S/C22H27N3O2S/c1-2-19(22(27)25-20-13-6-7-14-23-20)28-18-12-8-11-17(15-18)24-21(26)16-9-4-3-5-10-16/h6-8,11-16,19H,2-5,9-10H2,1H3,(H,24,26)(H,23,25,27). The second kappa shape index (κ2) is 10.3. The Morgan fingerprint density at radius 3 is 2.64 bits per heavy atom. The van der Waals surface area contributed by atoms with Crippen molar-refractivity contribution in [1.82, 2.24) is 4.98 Å². The zero-order valence-corrected chi connectivity index (χ0v) is 17.0. The molecule has 1 heterocycles. The highest BCUT2D eigenvalue weighted by Gasteiger charge is 2.22. The Bertz CT molecular complexity index is 791. The topological polar surface area (TPSA) is 71.1 Å². The molecular weight excluding hydrogens is 370 g/mol. The van der Waals surface area contributed by atoms with Gasteiger partial charge < -0.3 is 10.6 Å². The molecule has 0 aliphatic heterocycles. The smallest absolute Gasteiger partial charge is 0.239 e. The zero-order valence-electron chi connectivity index (χ0n) is 16.2. The molecule has 2 N–H and O–H groups in total. The Hall–Kier alpha value is -2.34. The molecule has 1 unspecified atom stereocenters. The van der Waals surface area contributed by atoms with Gasteiger partial charge in [0.15, 0.2) is 0 Å². The third-order valence-electron chi connectivity index (χ3n) is 4.94. The number of thioether (sulfide) groups is 1. The zero-order chi connectivity index (χ0) is 19.8. The van der Waals surface area contributed by atoms with Crippen LogP contribution in [-0.2, 0) is 9.59 Å². The highest BCUT2D eigenvalue weighted by molar-refractivity contribution is 8.00. The molecule has 1 atom stereocenters. The lowest BCUT2D eigenvalue weighted by Crippen LogP contribution is -2.25. The minimum Gasteiger partial charge on any atom is -0.326 e. The Morgan fingerprint density at radius 1 is 1.11 bits per heavy atom. The fraction of sp³-hybridized carbons (Fsp3) is 0.409.